The molecule has 0 heterocycles. The molecule has 0 bridgehead atoms. The largest absolute Gasteiger partial charge is 0.488 e. The second-order valence-electron chi connectivity index (χ2n) is 4.60. The van der Waals surface area contributed by atoms with Crippen molar-refractivity contribution >= 4 is 11.6 Å². The van der Waals surface area contributed by atoms with Crippen LogP contribution in [-0.4, -0.2) is 5.11 Å². The molecule has 2 nitrogen and oxygen atoms in total. The number of aliphatic hydroxyl groups excluding tert-OH is 1. The molecule has 0 fully saturated rings. The van der Waals surface area contributed by atoms with E-state index in [-0.39, 0.29) is 6.61 Å². The summed E-state index contributed by atoms with van der Waals surface area (Å²) in [5, 5.41) is 9.88. The first-order chi connectivity index (χ1) is 9.11. The fraction of sp³-hybridized carbons (Fsp3) is 0.250. The first-order valence-corrected chi connectivity index (χ1v) is 6.57. The second-order valence-corrected chi connectivity index (χ2v) is 5.00. The van der Waals surface area contributed by atoms with Crippen LogP contribution in [0.5, 0.6) is 5.75 Å². The van der Waals surface area contributed by atoms with E-state index in [4.69, 9.17) is 21.4 Å². The zero-order valence-electron chi connectivity index (χ0n) is 11.1. The molecular formula is C16H17ClO2. The lowest BCUT2D eigenvalue weighted by molar-refractivity contribution is 0.280. The number of aliphatic hydroxyl groups is 1. The number of rotatable bonds is 4. The van der Waals surface area contributed by atoms with Gasteiger partial charge in [0.2, 0.25) is 0 Å². The Hall–Kier alpha value is -1.51. The van der Waals surface area contributed by atoms with Crippen molar-refractivity contribution in [1.82, 2.24) is 0 Å². The number of hydrogen-bond donors (Lipinski definition) is 1. The van der Waals surface area contributed by atoms with Crippen LogP contribution in [0.4, 0.5) is 0 Å². The molecule has 3 heteroatoms. The van der Waals surface area contributed by atoms with Crippen LogP contribution in [0.1, 0.15) is 22.3 Å². The Kier molecular flexibility index (Phi) is 4.46. The Bertz CT molecular complexity index is 556. The van der Waals surface area contributed by atoms with Crippen molar-refractivity contribution in [3.8, 4) is 5.75 Å². The molecule has 100 valence electrons. The van der Waals surface area contributed by atoms with Crippen LogP contribution in [0.2, 0.25) is 5.02 Å². The highest BCUT2D eigenvalue weighted by Gasteiger charge is 2.07. The molecule has 2 aromatic rings. The molecule has 0 aromatic heterocycles. The lowest BCUT2D eigenvalue weighted by atomic mass is 10.1. The normalized spacial score (nSPS) is 10.5. The van der Waals surface area contributed by atoms with Crippen molar-refractivity contribution in [2.75, 3.05) is 0 Å². The fourth-order valence-corrected chi connectivity index (χ4v) is 2.31. The Morgan fingerprint density at radius 3 is 2.32 bits per heavy atom. The summed E-state index contributed by atoms with van der Waals surface area (Å²) in [4.78, 5) is 0. The molecule has 0 unspecified atom stereocenters. The van der Waals surface area contributed by atoms with Gasteiger partial charge in [0.1, 0.15) is 12.4 Å². The summed E-state index contributed by atoms with van der Waals surface area (Å²) < 4.78 is 5.87. The van der Waals surface area contributed by atoms with Crippen molar-refractivity contribution in [3.05, 3.63) is 63.7 Å². The zero-order chi connectivity index (χ0) is 13.8. The minimum absolute atomic E-state index is 0.0481. The maximum absolute atomic E-state index is 9.16. The summed E-state index contributed by atoms with van der Waals surface area (Å²) in [7, 11) is 0. The highest BCUT2D eigenvalue weighted by atomic mass is 35.5. The van der Waals surface area contributed by atoms with E-state index >= 15 is 0 Å². The number of benzene rings is 2. The van der Waals surface area contributed by atoms with Gasteiger partial charge in [0.25, 0.3) is 0 Å². The van der Waals surface area contributed by atoms with Crippen molar-refractivity contribution in [3.63, 3.8) is 0 Å². The third-order valence-electron chi connectivity index (χ3n) is 3.03. The summed E-state index contributed by atoms with van der Waals surface area (Å²) in [6.07, 6.45) is 0. The van der Waals surface area contributed by atoms with Crippen LogP contribution < -0.4 is 4.74 Å². The minimum Gasteiger partial charge on any atom is -0.488 e. The average Bonchev–Trinajstić information content (AvgIpc) is 2.39. The minimum atomic E-state index is 0.0481. The van der Waals surface area contributed by atoms with Crippen molar-refractivity contribution in [2.24, 2.45) is 0 Å². The number of halogens is 1. The fourth-order valence-electron chi connectivity index (χ4n) is 2.12. The predicted molar refractivity (Wildman–Crippen MR) is 77.6 cm³/mol. The van der Waals surface area contributed by atoms with E-state index in [9.17, 15) is 0 Å². The van der Waals surface area contributed by atoms with Crippen LogP contribution in [-0.2, 0) is 13.2 Å². The highest BCUT2D eigenvalue weighted by Crippen LogP contribution is 2.26. The number of hydrogen-bond acceptors (Lipinski definition) is 2. The van der Waals surface area contributed by atoms with Gasteiger partial charge >= 0.3 is 0 Å². The van der Waals surface area contributed by atoms with Gasteiger partial charge in [0, 0.05) is 10.6 Å². The topological polar surface area (TPSA) is 29.5 Å². The first-order valence-electron chi connectivity index (χ1n) is 6.19. The van der Waals surface area contributed by atoms with Crippen molar-refractivity contribution in [2.45, 2.75) is 27.1 Å². The maximum atomic E-state index is 9.16. The molecule has 19 heavy (non-hydrogen) atoms. The third-order valence-corrected chi connectivity index (χ3v) is 3.40. The summed E-state index contributed by atoms with van der Waals surface area (Å²) >= 11 is 6.10. The lowest BCUT2D eigenvalue weighted by Crippen LogP contribution is -2.00. The summed E-state index contributed by atoms with van der Waals surface area (Å²) in [5.74, 6) is 0.858. The average molecular weight is 277 g/mol. The van der Waals surface area contributed by atoms with Gasteiger partial charge in [-0.3, -0.25) is 0 Å². The first kappa shape index (κ1) is 13.9. The van der Waals surface area contributed by atoms with Gasteiger partial charge in [-0.2, -0.15) is 0 Å². The van der Waals surface area contributed by atoms with Gasteiger partial charge in [0.05, 0.1) is 6.61 Å². The van der Waals surface area contributed by atoms with Gasteiger partial charge in [-0.05, 0) is 36.6 Å². The monoisotopic (exact) mass is 276 g/mol. The van der Waals surface area contributed by atoms with Crippen molar-refractivity contribution in [1.29, 1.82) is 0 Å². The molecule has 0 aliphatic carbocycles. The van der Waals surface area contributed by atoms with Gasteiger partial charge in [0.15, 0.2) is 0 Å². The molecule has 2 rings (SSSR count). The van der Waals surface area contributed by atoms with Crippen LogP contribution in [0.3, 0.4) is 0 Å². The number of ether oxygens (including phenoxy) is 1. The SMILES string of the molecule is Cc1cc(CO)cc(C)c1OCc1ccccc1Cl. The molecule has 0 spiro atoms. The molecule has 0 atom stereocenters. The molecular weight excluding hydrogens is 260 g/mol. The Morgan fingerprint density at radius 1 is 1.11 bits per heavy atom. The quantitative estimate of drug-likeness (QED) is 0.914. The standard InChI is InChI=1S/C16H17ClO2/c1-11-7-13(9-18)8-12(2)16(11)19-10-14-5-3-4-6-15(14)17/h3-8,18H,9-10H2,1-2H3. The van der Waals surface area contributed by atoms with Gasteiger partial charge in [-0.1, -0.05) is 41.9 Å². The second kappa shape index (κ2) is 6.09. The van der Waals surface area contributed by atoms with Crippen molar-refractivity contribution < 1.29 is 9.84 Å². The number of aryl methyl sites for hydroxylation is 2. The Labute approximate surface area is 118 Å². The van der Waals surface area contributed by atoms with E-state index in [1.165, 1.54) is 0 Å². The maximum Gasteiger partial charge on any atom is 0.125 e. The zero-order valence-corrected chi connectivity index (χ0v) is 11.9. The smallest absolute Gasteiger partial charge is 0.125 e. The summed E-state index contributed by atoms with van der Waals surface area (Å²) in [5.41, 5.74) is 3.92. The van der Waals surface area contributed by atoms with E-state index in [0.29, 0.717) is 11.6 Å². The van der Waals surface area contributed by atoms with E-state index < -0.39 is 0 Å². The molecule has 0 amide bonds. The van der Waals surface area contributed by atoms with Crippen LogP contribution in [0.15, 0.2) is 36.4 Å². The molecule has 0 aliphatic heterocycles. The van der Waals surface area contributed by atoms with Crippen LogP contribution in [0.25, 0.3) is 0 Å². The van der Waals surface area contributed by atoms with E-state index in [2.05, 4.69) is 0 Å². The van der Waals surface area contributed by atoms with Crippen LogP contribution >= 0.6 is 11.6 Å². The predicted octanol–water partition coefficient (Wildman–Crippen LogP) is 4.03. The molecule has 0 saturated carbocycles. The summed E-state index contributed by atoms with van der Waals surface area (Å²) in [6.45, 7) is 4.45. The van der Waals surface area contributed by atoms with E-state index in [1.807, 2.05) is 50.2 Å². The van der Waals surface area contributed by atoms with Crippen LogP contribution in [0, 0.1) is 13.8 Å². The molecule has 2 aromatic carbocycles. The van der Waals surface area contributed by atoms with Gasteiger partial charge < -0.3 is 9.84 Å². The third kappa shape index (κ3) is 3.28. The van der Waals surface area contributed by atoms with Gasteiger partial charge in [-0.15, -0.1) is 0 Å². The lowest BCUT2D eigenvalue weighted by Gasteiger charge is -2.14. The Balaban J connectivity index is 2.18. The van der Waals surface area contributed by atoms with Gasteiger partial charge in [-0.25, -0.2) is 0 Å². The summed E-state index contributed by atoms with van der Waals surface area (Å²) in [6, 6.07) is 11.5. The molecule has 0 aliphatic rings. The highest BCUT2D eigenvalue weighted by molar-refractivity contribution is 6.31. The molecule has 0 radical (unpaired) electrons. The molecule has 0 saturated heterocycles. The van der Waals surface area contributed by atoms with E-state index in [1.54, 1.807) is 0 Å². The van der Waals surface area contributed by atoms with E-state index in [0.717, 1.165) is 28.0 Å². The molecule has 1 N–H and O–H groups in total. The Morgan fingerprint density at radius 2 is 1.74 bits per heavy atom.